The summed E-state index contributed by atoms with van der Waals surface area (Å²) in [7, 11) is 3.67. The van der Waals surface area contributed by atoms with Gasteiger partial charge in [-0.25, -0.2) is 15.0 Å². The van der Waals surface area contributed by atoms with Crippen LogP contribution in [0, 0.1) is 20.8 Å². The number of para-hydroxylation sites is 1. The van der Waals surface area contributed by atoms with Crippen molar-refractivity contribution in [2.24, 2.45) is 4.99 Å². The van der Waals surface area contributed by atoms with Crippen molar-refractivity contribution >= 4 is 23.1 Å². The number of benzene rings is 2. The van der Waals surface area contributed by atoms with Crippen LogP contribution in [0.15, 0.2) is 59.6 Å². The molecule has 0 fully saturated rings. The highest BCUT2D eigenvalue weighted by Crippen LogP contribution is 2.30. The SMILES string of the molecule is CC.CC.Cc1nc(C)c(C)c(N(C)C2N=C(c3ccccc3)c3ccccc3N(C)C2=O)n1. The van der Waals surface area contributed by atoms with Gasteiger partial charge in [0.1, 0.15) is 11.6 Å². The molecule has 1 atom stereocenters. The van der Waals surface area contributed by atoms with E-state index in [1.807, 2.05) is 115 Å². The van der Waals surface area contributed by atoms with E-state index in [2.05, 4.69) is 9.97 Å². The molecule has 6 heteroatoms. The second kappa shape index (κ2) is 12.1. The van der Waals surface area contributed by atoms with Gasteiger partial charge in [0.05, 0.1) is 11.4 Å². The lowest BCUT2D eigenvalue weighted by Crippen LogP contribution is -2.45. The maximum absolute atomic E-state index is 13.5. The summed E-state index contributed by atoms with van der Waals surface area (Å²) in [6.07, 6.45) is -0.745. The lowest BCUT2D eigenvalue weighted by Gasteiger charge is -2.29. The average Bonchev–Trinajstić information content (AvgIpc) is 2.99. The van der Waals surface area contributed by atoms with Crippen molar-refractivity contribution < 1.29 is 4.79 Å². The Bertz CT molecular complexity index is 1140. The van der Waals surface area contributed by atoms with E-state index in [1.54, 1.807) is 11.9 Å². The van der Waals surface area contributed by atoms with Gasteiger partial charge >= 0.3 is 0 Å². The first kappa shape index (κ1) is 26.7. The number of carbonyl (C=O) groups excluding carboxylic acids is 1. The van der Waals surface area contributed by atoms with Crippen molar-refractivity contribution in [3.05, 3.63) is 82.8 Å². The van der Waals surface area contributed by atoms with Crippen LogP contribution in [0.5, 0.6) is 0 Å². The monoisotopic (exact) mass is 459 g/mol. The summed E-state index contributed by atoms with van der Waals surface area (Å²) in [6.45, 7) is 13.8. The Labute approximate surface area is 204 Å². The zero-order chi connectivity index (χ0) is 25.4. The molecule has 2 aromatic carbocycles. The molecule has 6 nitrogen and oxygen atoms in total. The fourth-order valence-electron chi connectivity index (χ4n) is 3.79. The van der Waals surface area contributed by atoms with Gasteiger partial charge in [-0.2, -0.15) is 0 Å². The third kappa shape index (κ3) is 5.33. The Morgan fingerprint density at radius 3 is 2.09 bits per heavy atom. The molecule has 34 heavy (non-hydrogen) atoms. The number of aryl methyl sites for hydroxylation is 2. The van der Waals surface area contributed by atoms with E-state index in [0.717, 1.165) is 33.8 Å². The van der Waals surface area contributed by atoms with Crippen LogP contribution < -0.4 is 9.80 Å². The van der Waals surface area contributed by atoms with E-state index in [-0.39, 0.29) is 5.91 Å². The minimum Gasteiger partial charge on any atom is -0.330 e. The molecule has 0 saturated carbocycles. The standard InChI is InChI=1S/C24H25N5O.2C2H6/c1-15-16(2)25-17(3)26-22(15)29(5)23-24(30)28(4)20-14-10-9-13-19(20)21(27-23)18-11-7-6-8-12-18;2*1-2/h6-14,23H,1-5H3;2*1-2H3. The van der Waals surface area contributed by atoms with Gasteiger partial charge in [-0.1, -0.05) is 76.2 Å². The summed E-state index contributed by atoms with van der Waals surface area (Å²) in [5, 5.41) is 0. The molecular formula is C28H37N5O. The van der Waals surface area contributed by atoms with Gasteiger partial charge in [0.15, 0.2) is 0 Å². The fraction of sp³-hybridized carbons (Fsp3) is 0.357. The van der Waals surface area contributed by atoms with E-state index < -0.39 is 6.17 Å². The normalized spacial score (nSPS) is 14.5. The molecule has 0 saturated heterocycles. The second-order valence-corrected chi connectivity index (χ2v) is 7.55. The van der Waals surface area contributed by atoms with Crippen LogP contribution in [0.25, 0.3) is 0 Å². The maximum atomic E-state index is 13.5. The average molecular weight is 460 g/mol. The highest BCUT2D eigenvalue weighted by Gasteiger charge is 2.33. The van der Waals surface area contributed by atoms with Crippen LogP contribution in [0.1, 0.15) is 55.9 Å². The Morgan fingerprint density at radius 1 is 0.853 bits per heavy atom. The molecule has 0 spiro atoms. The first-order chi connectivity index (χ1) is 16.4. The molecule has 180 valence electrons. The molecule has 1 aromatic heterocycles. The van der Waals surface area contributed by atoms with Crippen LogP contribution in [0.2, 0.25) is 0 Å². The van der Waals surface area contributed by atoms with Gasteiger partial charge in [-0.15, -0.1) is 0 Å². The van der Waals surface area contributed by atoms with Crippen LogP contribution in [-0.4, -0.2) is 41.8 Å². The van der Waals surface area contributed by atoms with Gasteiger partial charge in [-0.3, -0.25) is 4.79 Å². The molecule has 0 bridgehead atoms. The predicted octanol–water partition coefficient (Wildman–Crippen LogP) is 5.73. The number of fused-ring (bicyclic) bond motifs is 1. The van der Waals surface area contributed by atoms with Crippen molar-refractivity contribution in [1.29, 1.82) is 0 Å². The minimum absolute atomic E-state index is 0.107. The molecule has 0 aliphatic carbocycles. The first-order valence-electron chi connectivity index (χ1n) is 11.9. The van der Waals surface area contributed by atoms with Crippen molar-refractivity contribution in [2.45, 2.75) is 54.6 Å². The third-order valence-corrected chi connectivity index (χ3v) is 5.55. The summed E-state index contributed by atoms with van der Waals surface area (Å²) in [5.41, 5.74) is 5.38. The first-order valence-corrected chi connectivity index (χ1v) is 11.9. The Hall–Kier alpha value is -3.54. The molecule has 0 radical (unpaired) electrons. The number of anilines is 2. The quantitative estimate of drug-likeness (QED) is 0.502. The molecule has 1 unspecified atom stereocenters. The zero-order valence-corrected chi connectivity index (χ0v) is 21.9. The summed E-state index contributed by atoms with van der Waals surface area (Å²) in [5.74, 6) is 1.28. The van der Waals surface area contributed by atoms with E-state index in [0.29, 0.717) is 11.6 Å². The lowest BCUT2D eigenvalue weighted by atomic mass is 10.0. The summed E-state index contributed by atoms with van der Waals surface area (Å²) in [4.78, 5) is 31.1. The van der Waals surface area contributed by atoms with Crippen LogP contribution in [0.3, 0.4) is 0 Å². The van der Waals surface area contributed by atoms with Crippen molar-refractivity contribution in [1.82, 2.24) is 9.97 Å². The molecule has 0 N–H and O–H groups in total. The highest BCUT2D eigenvalue weighted by molar-refractivity contribution is 6.20. The number of nitrogens with zero attached hydrogens (tertiary/aromatic N) is 5. The zero-order valence-electron chi connectivity index (χ0n) is 21.9. The number of carbonyl (C=O) groups is 1. The van der Waals surface area contributed by atoms with Crippen LogP contribution in [-0.2, 0) is 4.79 Å². The van der Waals surface area contributed by atoms with E-state index in [4.69, 9.17) is 4.99 Å². The van der Waals surface area contributed by atoms with Crippen molar-refractivity contribution in [3.63, 3.8) is 0 Å². The largest absolute Gasteiger partial charge is 0.330 e. The number of hydrogen-bond donors (Lipinski definition) is 0. The summed E-state index contributed by atoms with van der Waals surface area (Å²) in [6, 6.07) is 17.9. The smallest absolute Gasteiger partial charge is 0.272 e. The Morgan fingerprint density at radius 2 is 1.44 bits per heavy atom. The lowest BCUT2D eigenvalue weighted by molar-refractivity contribution is -0.119. The molecular weight excluding hydrogens is 422 g/mol. The number of aliphatic imine (C=N–C) groups is 1. The van der Waals surface area contributed by atoms with Crippen LogP contribution >= 0.6 is 0 Å². The van der Waals surface area contributed by atoms with E-state index in [9.17, 15) is 4.79 Å². The second-order valence-electron chi connectivity index (χ2n) is 7.55. The molecule has 3 aromatic rings. The predicted molar refractivity (Wildman–Crippen MR) is 143 cm³/mol. The Balaban J connectivity index is 0.000000970. The molecule has 4 rings (SSSR count). The number of amides is 1. The number of likely N-dealkylation sites (N-methyl/N-ethyl adjacent to an activating group) is 2. The molecule has 1 aliphatic rings. The van der Waals surface area contributed by atoms with E-state index >= 15 is 0 Å². The number of aromatic nitrogens is 2. The molecule has 1 amide bonds. The van der Waals surface area contributed by atoms with Gasteiger partial charge < -0.3 is 9.80 Å². The fourth-order valence-corrected chi connectivity index (χ4v) is 3.79. The summed E-state index contributed by atoms with van der Waals surface area (Å²) >= 11 is 0. The highest BCUT2D eigenvalue weighted by atomic mass is 16.2. The number of hydrogen-bond acceptors (Lipinski definition) is 5. The third-order valence-electron chi connectivity index (χ3n) is 5.55. The van der Waals surface area contributed by atoms with Crippen molar-refractivity contribution in [2.75, 3.05) is 23.9 Å². The maximum Gasteiger partial charge on any atom is 0.272 e. The topological polar surface area (TPSA) is 61.7 Å². The molecule has 2 heterocycles. The van der Waals surface area contributed by atoms with Gasteiger partial charge in [0.2, 0.25) is 6.17 Å². The Kier molecular flexibility index (Phi) is 9.48. The van der Waals surface area contributed by atoms with Gasteiger partial charge in [-0.05, 0) is 26.8 Å². The van der Waals surface area contributed by atoms with Crippen molar-refractivity contribution in [3.8, 4) is 0 Å². The van der Waals surface area contributed by atoms with Gasteiger partial charge in [0.25, 0.3) is 5.91 Å². The summed E-state index contributed by atoms with van der Waals surface area (Å²) < 4.78 is 0. The number of rotatable bonds is 3. The minimum atomic E-state index is -0.745. The molecule has 1 aliphatic heterocycles. The van der Waals surface area contributed by atoms with E-state index in [1.165, 1.54) is 0 Å². The van der Waals surface area contributed by atoms with Gasteiger partial charge in [0, 0.05) is 36.5 Å². The number of benzodiazepines with no additional fused rings is 1. The van der Waals surface area contributed by atoms with Crippen LogP contribution in [0.4, 0.5) is 11.5 Å².